The van der Waals surface area contributed by atoms with Gasteiger partial charge in [-0.05, 0) is 73.2 Å². The second-order valence-corrected chi connectivity index (χ2v) is 9.99. The summed E-state index contributed by atoms with van der Waals surface area (Å²) in [6.45, 7) is 4.12. The van der Waals surface area contributed by atoms with Gasteiger partial charge >= 0.3 is 6.18 Å². The van der Waals surface area contributed by atoms with Gasteiger partial charge in [0.15, 0.2) is 11.5 Å². The summed E-state index contributed by atoms with van der Waals surface area (Å²) in [6.07, 6.45) is -4.41. The molecule has 0 aromatic heterocycles. The van der Waals surface area contributed by atoms with Crippen molar-refractivity contribution in [1.82, 2.24) is 9.80 Å². The van der Waals surface area contributed by atoms with Gasteiger partial charge in [0, 0.05) is 42.7 Å². The molecule has 10 heteroatoms. The number of carbonyl (C=O) groups is 2. The number of amides is 2. The smallest absolute Gasteiger partial charge is 0.416 e. The highest BCUT2D eigenvalue weighted by Gasteiger charge is 2.54. The van der Waals surface area contributed by atoms with Crippen LogP contribution in [0.1, 0.15) is 31.8 Å². The van der Waals surface area contributed by atoms with Crippen LogP contribution < -0.4 is 14.2 Å². The van der Waals surface area contributed by atoms with E-state index < -0.39 is 11.7 Å². The number of likely N-dealkylation sites (tertiary alicyclic amines) is 2. The van der Waals surface area contributed by atoms with Gasteiger partial charge in [0.2, 0.25) is 0 Å². The van der Waals surface area contributed by atoms with E-state index in [0.29, 0.717) is 54.6 Å². The minimum absolute atomic E-state index is 0.0764. The standard InChI is InChI=1S/C29H27F3N2O5/c1-18-12-24(37-2)25(38-3)13-23(18)27(36)34-16-28(17-34)14-33(15-28)26(35)19-4-8-21(9-5-19)39-22-10-6-20(7-11-22)29(30,31)32/h4-13H,14-17H2,1-3H3. The third-order valence-corrected chi connectivity index (χ3v) is 7.16. The highest BCUT2D eigenvalue weighted by atomic mass is 19.4. The number of hydrogen-bond acceptors (Lipinski definition) is 5. The molecule has 2 saturated heterocycles. The molecule has 0 atom stereocenters. The number of alkyl halides is 3. The highest BCUT2D eigenvalue weighted by Crippen LogP contribution is 2.42. The maximum atomic E-state index is 13.1. The normalized spacial score (nSPS) is 15.8. The average molecular weight is 541 g/mol. The van der Waals surface area contributed by atoms with Crippen LogP contribution in [-0.4, -0.2) is 62.0 Å². The summed E-state index contributed by atoms with van der Waals surface area (Å²) < 4.78 is 54.4. The first-order valence-electron chi connectivity index (χ1n) is 12.3. The third kappa shape index (κ3) is 5.10. The molecular formula is C29H27F3N2O5. The number of rotatable bonds is 6. The van der Waals surface area contributed by atoms with Crippen molar-refractivity contribution in [3.05, 3.63) is 82.9 Å². The number of carbonyl (C=O) groups excluding carboxylic acids is 2. The monoisotopic (exact) mass is 540 g/mol. The van der Waals surface area contributed by atoms with E-state index in [0.717, 1.165) is 17.7 Å². The van der Waals surface area contributed by atoms with Crippen molar-refractivity contribution >= 4 is 11.8 Å². The lowest BCUT2D eigenvalue weighted by Gasteiger charge is -2.60. The van der Waals surface area contributed by atoms with Crippen LogP contribution in [0.2, 0.25) is 0 Å². The van der Waals surface area contributed by atoms with Crippen LogP contribution >= 0.6 is 0 Å². The van der Waals surface area contributed by atoms with E-state index >= 15 is 0 Å². The SMILES string of the molecule is COc1cc(C)c(C(=O)N2CC3(CN(C(=O)c4ccc(Oc5ccc(C(F)(F)F)cc5)cc4)C3)C2)cc1OC. The van der Waals surface area contributed by atoms with E-state index in [1.54, 1.807) is 53.3 Å². The van der Waals surface area contributed by atoms with Gasteiger partial charge in [-0.15, -0.1) is 0 Å². The summed E-state index contributed by atoms with van der Waals surface area (Å²) in [7, 11) is 3.08. The molecule has 3 aromatic rings. The summed E-state index contributed by atoms with van der Waals surface area (Å²) in [6, 6.07) is 14.4. The molecule has 1 spiro atoms. The Morgan fingerprint density at radius 3 is 1.77 bits per heavy atom. The minimum Gasteiger partial charge on any atom is -0.493 e. The maximum Gasteiger partial charge on any atom is 0.416 e. The molecule has 0 bridgehead atoms. The van der Waals surface area contributed by atoms with Crippen LogP contribution in [0.5, 0.6) is 23.0 Å². The Balaban J connectivity index is 1.14. The Hall–Kier alpha value is -4.21. The van der Waals surface area contributed by atoms with E-state index in [-0.39, 0.29) is 23.0 Å². The number of nitrogens with zero attached hydrogens (tertiary/aromatic N) is 2. The molecular weight excluding hydrogens is 513 g/mol. The van der Waals surface area contributed by atoms with Crippen LogP contribution in [0.25, 0.3) is 0 Å². The molecule has 0 aliphatic carbocycles. The highest BCUT2D eigenvalue weighted by molar-refractivity contribution is 5.98. The van der Waals surface area contributed by atoms with Crippen LogP contribution in [0.3, 0.4) is 0 Å². The molecule has 39 heavy (non-hydrogen) atoms. The zero-order valence-corrected chi connectivity index (χ0v) is 21.7. The third-order valence-electron chi connectivity index (χ3n) is 7.16. The molecule has 2 amide bonds. The van der Waals surface area contributed by atoms with E-state index in [9.17, 15) is 22.8 Å². The fourth-order valence-electron chi connectivity index (χ4n) is 5.09. The van der Waals surface area contributed by atoms with E-state index in [4.69, 9.17) is 14.2 Å². The van der Waals surface area contributed by atoms with Crippen molar-refractivity contribution in [1.29, 1.82) is 0 Å². The van der Waals surface area contributed by atoms with Crippen LogP contribution in [0, 0.1) is 12.3 Å². The lowest BCUT2D eigenvalue weighted by molar-refractivity contribution is -0.137. The molecule has 0 N–H and O–H groups in total. The Bertz CT molecular complexity index is 1390. The fraction of sp³-hybridized carbons (Fsp3) is 0.310. The van der Waals surface area contributed by atoms with Crippen molar-refractivity contribution < 1.29 is 37.0 Å². The molecule has 2 aliphatic rings. The van der Waals surface area contributed by atoms with Crippen LogP contribution in [-0.2, 0) is 6.18 Å². The van der Waals surface area contributed by atoms with Gasteiger partial charge in [-0.3, -0.25) is 9.59 Å². The second kappa shape index (κ2) is 9.83. The van der Waals surface area contributed by atoms with Crippen LogP contribution in [0.4, 0.5) is 13.2 Å². The number of hydrogen-bond donors (Lipinski definition) is 0. The van der Waals surface area contributed by atoms with Crippen molar-refractivity contribution in [2.24, 2.45) is 5.41 Å². The topological polar surface area (TPSA) is 68.3 Å². The first-order chi connectivity index (χ1) is 18.5. The summed E-state index contributed by atoms with van der Waals surface area (Å²) >= 11 is 0. The van der Waals surface area contributed by atoms with E-state index in [2.05, 4.69) is 0 Å². The number of ether oxygens (including phenoxy) is 3. The Morgan fingerprint density at radius 2 is 1.26 bits per heavy atom. The summed E-state index contributed by atoms with van der Waals surface area (Å²) in [5, 5.41) is 0. The molecule has 3 aromatic carbocycles. The molecule has 2 fully saturated rings. The van der Waals surface area contributed by atoms with Gasteiger partial charge < -0.3 is 24.0 Å². The van der Waals surface area contributed by atoms with Crippen LogP contribution in [0.15, 0.2) is 60.7 Å². The predicted molar refractivity (Wildman–Crippen MR) is 136 cm³/mol. The fourth-order valence-corrected chi connectivity index (χ4v) is 5.09. The minimum atomic E-state index is -4.41. The molecule has 7 nitrogen and oxygen atoms in total. The van der Waals surface area contributed by atoms with Crippen molar-refractivity contribution in [2.45, 2.75) is 13.1 Å². The number of aryl methyl sites for hydroxylation is 1. The maximum absolute atomic E-state index is 13.1. The predicted octanol–water partition coefficient (Wildman–Crippen LogP) is 5.42. The van der Waals surface area contributed by atoms with Gasteiger partial charge in [-0.2, -0.15) is 13.2 Å². The Kier molecular flexibility index (Phi) is 6.65. The zero-order chi connectivity index (χ0) is 27.9. The van der Waals surface area contributed by atoms with Gasteiger partial charge in [0.25, 0.3) is 11.8 Å². The molecule has 5 rings (SSSR count). The van der Waals surface area contributed by atoms with Crippen molar-refractivity contribution in [3.8, 4) is 23.0 Å². The second-order valence-electron chi connectivity index (χ2n) is 9.99. The Morgan fingerprint density at radius 1 is 0.769 bits per heavy atom. The molecule has 0 unspecified atom stereocenters. The van der Waals surface area contributed by atoms with E-state index in [1.165, 1.54) is 19.2 Å². The lowest BCUT2D eigenvalue weighted by atomic mass is 9.72. The molecule has 2 aliphatic heterocycles. The molecule has 0 saturated carbocycles. The largest absolute Gasteiger partial charge is 0.493 e. The molecule has 0 radical (unpaired) electrons. The first-order valence-corrected chi connectivity index (χ1v) is 12.3. The van der Waals surface area contributed by atoms with Gasteiger partial charge in [0.1, 0.15) is 11.5 Å². The quantitative estimate of drug-likeness (QED) is 0.418. The molecule has 2 heterocycles. The van der Waals surface area contributed by atoms with E-state index in [1.807, 2.05) is 6.92 Å². The van der Waals surface area contributed by atoms with Crippen molar-refractivity contribution in [3.63, 3.8) is 0 Å². The van der Waals surface area contributed by atoms with Crippen molar-refractivity contribution in [2.75, 3.05) is 40.4 Å². The average Bonchev–Trinajstić information content (AvgIpc) is 2.86. The number of methoxy groups -OCH3 is 2. The summed E-state index contributed by atoms with van der Waals surface area (Å²) in [4.78, 5) is 29.6. The molecule has 204 valence electrons. The number of benzene rings is 3. The summed E-state index contributed by atoms with van der Waals surface area (Å²) in [5.74, 6) is 1.54. The summed E-state index contributed by atoms with van der Waals surface area (Å²) in [5.41, 5.74) is 1.00. The van der Waals surface area contributed by atoms with Gasteiger partial charge in [0.05, 0.1) is 19.8 Å². The van der Waals surface area contributed by atoms with Gasteiger partial charge in [-0.25, -0.2) is 0 Å². The zero-order valence-electron chi connectivity index (χ0n) is 21.7. The Labute approximate surface area is 223 Å². The lowest BCUT2D eigenvalue weighted by Crippen LogP contribution is -2.73. The van der Waals surface area contributed by atoms with Gasteiger partial charge in [-0.1, -0.05) is 0 Å². The number of halogens is 3. The first kappa shape index (κ1) is 26.4.